The highest BCUT2D eigenvalue weighted by Crippen LogP contribution is 2.27. The van der Waals surface area contributed by atoms with Crippen LogP contribution in [-0.2, 0) is 11.2 Å². The summed E-state index contributed by atoms with van der Waals surface area (Å²) in [4.78, 5) is 14.6. The number of carboxylic acids is 1. The van der Waals surface area contributed by atoms with Crippen LogP contribution in [0.2, 0.25) is 0 Å². The van der Waals surface area contributed by atoms with Crippen molar-refractivity contribution in [2.75, 3.05) is 5.75 Å². The van der Waals surface area contributed by atoms with E-state index in [1.165, 1.54) is 10.8 Å². The lowest BCUT2D eigenvalue weighted by molar-refractivity contribution is -0.133. The van der Waals surface area contributed by atoms with E-state index in [4.69, 9.17) is 5.11 Å². The van der Waals surface area contributed by atoms with Gasteiger partial charge in [0.1, 0.15) is 5.82 Å². The number of aliphatic carboxylic acids is 1. The first-order chi connectivity index (χ1) is 9.93. The van der Waals surface area contributed by atoms with Crippen LogP contribution in [-0.4, -0.2) is 26.4 Å². The number of nitrogens with zero attached hydrogens (tertiary/aromatic N) is 2. The van der Waals surface area contributed by atoms with Gasteiger partial charge >= 0.3 is 5.97 Å². The lowest BCUT2D eigenvalue weighted by Gasteiger charge is -2.12. The third kappa shape index (κ3) is 3.21. The van der Waals surface area contributed by atoms with Gasteiger partial charge in [-0.3, -0.25) is 9.36 Å². The van der Waals surface area contributed by atoms with E-state index in [9.17, 15) is 18.0 Å². The zero-order valence-corrected chi connectivity index (χ0v) is 11.8. The molecule has 0 radical (unpaired) electrons. The number of hydrogen-bond acceptors (Lipinski definition) is 3. The number of imidazole rings is 1. The van der Waals surface area contributed by atoms with E-state index < -0.39 is 23.4 Å². The molecule has 0 bridgehead atoms. The van der Waals surface area contributed by atoms with Crippen LogP contribution in [0.5, 0.6) is 0 Å². The van der Waals surface area contributed by atoms with Crippen molar-refractivity contribution in [3.8, 4) is 5.69 Å². The second-order valence-corrected chi connectivity index (χ2v) is 5.07. The zero-order valence-electron chi connectivity index (χ0n) is 10.9. The molecule has 8 heteroatoms. The largest absolute Gasteiger partial charge is 0.481 e. The van der Waals surface area contributed by atoms with Gasteiger partial charge in [-0.15, -0.1) is 0 Å². The standard InChI is InChI=1S/C13H11F3N2O2S/c1-2-8-5-17-13(21-6-11(19)20)18(8)10-4-7(14)3-9(15)12(10)16/h3-5H,2,6H2,1H3,(H,19,20). The van der Waals surface area contributed by atoms with Crippen molar-refractivity contribution in [3.05, 3.63) is 41.5 Å². The van der Waals surface area contributed by atoms with Crippen molar-refractivity contribution >= 4 is 17.7 Å². The Kier molecular flexibility index (Phi) is 4.56. The van der Waals surface area contributed by atoms with Gasteiger partial charge < -0.3 is 5.11 Å². The number of halogens is 3. The summed E-state index contributed by atoms with van der Waals surface area (Å²) in [5.41, 5.74) is 0.196. The quantitative estimate of drug-likeness (QED) is 0.680. The number of thioether (sulfide) groups is 1. The van der Waals surface area contributed by atoms with E-state index in [0.29, 0.717) is 18.2 Å². The minimum Gasteiger partial charge on any atom is -0.481 e. The molecule has 2 rings (SSSR count). The van der Waals surface area contributed by atoms with E-state index in [0.717, 1.165) is 17.8 Å². The maximum atomic E-state index is 13.9. The van der Waals surface area contributed by atoms with Crippen LogP contribution < -0.4 is 0 Å². The highest BCUT2D eigenvalue weighted by atomic mass is 32.2. The van der Waals surface area contributed by atoms with Gasteiger partial charge in [0.25, 0.3) is 0 Å². The Morgan fingerprint density at radius 3 is 2.71 bits per heavy atom. The topological polar surface area (TPSA) is 55.1 Å². The average Bonchev–Trinajstić information content (AvgIpc) is 2.83. The molecule has 1 aromatic heterocycles. The highest BCUT2D eigenvalue weighted by Gasteiger charge is 2.19. The van der Waals surface area contributed by atoms with Crippen molar-refractivity contribution in [3.63, 3.8) is 0 Å². The summed E-state index contributed by atoms with van der Waals surface area (Å²) in [6.07, 6.45) is 1.87. The molecule has 1 N–H and O–H groups in total. The number of aryl methyl sites for hydroxylation is 1. The summed E-state index contributed by atoms with van der Waals surface area (Å²) in [6.45, 7) is 1.77. The Labute approximate surface area is 122 Å². The maximum absolute atomic E-state index is 13.9. The Bertz CT molecular complexity index is 688. The van der Waals surface area contributed by atoms with Crippen molar-refractivity contribution < 1.29 is 23.1 Å². The van der Waals surface area contributed by atoms with Crippen molar-refractivity contribution in [1.82, 2.24) is 9.55 Å². The Hall–Kier alpha value is -1.96. The Morgan fingerprint density at radius 2 is 2.10 bits per heavy atom. The molecule has 2 aromatic rings. The fourth-order valence-corrected chi connectivity index (χ4v) is 2.53. The van der Waals surface area contributed by atoms with Gasteiger partial charge in [0.2, 0.25) is 0 Å². The van der Waals surface area contributed by atoms with Crippen LogP contribution in [0.3, 0.4) is 0 Å². The van der Waals surface area contributed by atoms with Crippen LogP contribution in [0.25, 0.3) is 5.69 Å². The zero-order chi connectivity index (χ0) is 15.6. The van der Waals surface area contributed by atoms with E-state index in [2.05, 4.69) is 4.98 Å². The van der Waals surface area contributed by atoms with Crippen molar-refractivity contribution in [2.45, 2.75) is 18.5 Å². The Balaban J connectivity index is 2.56. The minimum atomic E-state index is -1.31. The minimum absolute atomic E-state index is 0.165. The lowest BCUT2D eigenvalue weighted by Crippen LogP contribution is -2.07. The van der Waals surface area contributed by atoms with Crippen LogP contribution in [0, 0.1) is 17.5 Å². The highest BCUT2D eigenvalue weighted by molar-refractivity contribution is 7.99. The number of rotatable bonds is 5. The maximum Gasteiger partial charge on any atom is 0.313 e. The number of aromatic nitrogens is 2. The van der Waals surface area contributed by atoms with E-state index in [1.807, 2.05) is 0 Å². The molecule has 0 atom stereocenters. The molecule has 0 saturated carbocycles. The van der Waals surface area contributed by atoms with Crippen LogP contribution in [0.15, 0.2) is 23.5 Å². The molecule has 0 aliphatic rings. The fourth-order valence-electron chi connectivity index (χ4n) is 1.81. The molecular formula is C13H11F3N2O2S. The summed E-state index contributed by atoms with van der Waals surface area (Å²) < 4.78 is 41.9. The molecule has 112 valence electrons. The average molecular weight is 316 g/mol. The van der Waals surface area contributed by atoms with Crippen LogP contribution in [0.1, 0.15) is 12.6 Å². The van der Waals surface area contributed by atoms with E-state index in [1.54, 1.807) is 6.92 Å². The SMILES string of the molecule is CCc1cnc(SCC(=O)O)n1-c1cc(F)cc(F)c1F. The molecule has 1 aromatic carbocycles. The summed E-state index contributed by atoms with van der Waals surface area (Å²) in [5, 5.41) is 8.86. The van der Waals surface area contributed by atoms with Gasteiger partial charge in [0, 0.05) is 24.0 Å². The molecule has 0 unspecified atom stereocenters. The third-order valence-corrected chi connectivity index (χ3v) is 3.64. The second kappa shape index (κ2) is 6.21. The van der Waals surface area contributed by atoms with Crippen LogP contribution >= 0.6 is 11.8 Å². The molecule has 0 aliphatic heterocycles. The van der Waals surface area contributed by atoms with Gasteiger partial charge in [-0.1, -0.05) is 18.7 Å². The number of carbonyl (C=O) groups is 1. The number of hydrogen-bond donors (Lipinski definition) is 1. The first-order valence-corrected chi connectivity index (χ1v) is 6.98. The van der Waals surface area contributed by atoms with Crippen molar-refractivity contribution in [1.29, 1.82) is 0 Å². The first kappa shape index (κ1) is 15.4. The first-order valence-electron chi connectivity index (χ1n) is 6.00. The summed E-state index contributed by atoms with van der Waals surface area (Å²) in [7, 11) is 0. The van der Waals surface area contributed by atoms with Crippen molar-refractivity contribution in [2.24, 2.45) is 0 Å². The van der Waals surface area contributed by atoms with Gasteiger partial charge in [-0.2, -0.15) is 0 Å². The molecule has 0 spiro atoms. The number of carboxylic acid groups (broad SMARTS) is 1. The van der Waals surface area contributed by atoms with Gasteiger partial charge in [0.15, 0.2) is 16.8 Å². The monoisotopic (exact) mass is 316 g/mol. The fraction of sp³-hybridized carbons (Fsp3) is 0.231. The summed E-state index contributed by atoms with van der Waals surface area (Å²) in [5.74, 6) is -4.80. The molecule has 0 saturated heterocycles. The van der Waals surface area contributed by atoms with E-state index in [-0.39, 0.29) is 16.6 Å². The van der Waals surface area contributed by atoms with E-state index >= 15 is 0 Å². The smallest absolute Gasteiger partial charge is 0.313 e. The molecular weight excluding hydrogens is 305 g/mol. The molecule has 0 fully saturated rings. The third-order valence-electron chi connectivity index (χ3n) is 2.70. The molecule has 1 heterocycles. The number of benzene rings is 1. The second-order valence-electron chi connectivity index (χ2n) is 4.12. The molecule has 4 nitrogen and oxygen atoms in total. The van der Waals surface area contributed by atoms with Gasteiger partial charge in [-0.25, -0.2) is 18.2 Å². The van der Waals surface area contributed by atoms with Gasteiger partial charge in [-0.05, 0) is 6.42 Å². The predicted octanol–water partition coefficient (Wildman–Crippen LogP) is 3.03. The summed E-state index contributed by atoms with van der Waals surface area (Å²) in [6, 6.07) is 1.30. The molecule has 0 aliphatic carbocycles. The van der Waals surface area contributed by atoms with Gasteiger partial charge in [0.05, 0.1) is 11.4 Å². The predicted molar refractivity (Wildman–Crippen MR) is 71.2 cm³/mol. The lowest BCUT2D eigenvalue weighted by atomic mass is 10.2. The summed E-state index contributed by atoms with van der Waals surface area (Å²) >= 11 is 0.847. The Morgan fingerprint density at radius 1 is 1.38 bits per heavy atom. The molecule has 21 heavy (non-hydrogen) atoms. The normalized spacial score (nSPS) is 10.9. The van der Waals surface area contributed by atoms with Crippen LogP contribution in [0.4, 0.5) is 13.2 Å². The molecule has 0 amide bonds.